The summed E-state index contributed by atoms with van der Waals surface area (Å²) in [5.41, 5.74) is 0.933. The van der Waals surface area contributed by atoms with Crippen LogP contribution in [0.4, 0.5) is 13.2 Å². The molecule has 0 aliphatic heterocycles. The van der Waals surface area contributed by atoms with Crippen LogP contribution in [0, 0.1) is 5.92 Å². The summed E-state index contributed by atoms with van der Waals surface area (Å²) in [7, 11) is 0. The van der Waals surface area contributed by atoms with E-state index in [9.17, 15) is 18.0 Å². The molecule has 2 aliphatic rings. The Balaban J connectivity index is 1.56. The van der Waals surface area contributed by atoms with Gasteiger partial charge in [-0.1, -0.05) is 24.3 Å². The summed E-state index contributed by atoms with van der Waals surface area (Å²) in [6, 6.07) is 10.5. The number of carbonyl (C=O) groups excluding carboxylic acids is 1. The highest BCUT2D eigenvalue weighted by molar-refractivity contribution is 5.96. The van der Waals surface area contributed by atoms with Gasteiger partial charge in [0.25, 0.3) is 5.91 Å². The van der Waals surface area contributed by atoms with Crippen molar-refractivity contribution in [2.75, 3.05) is 0 Å². The molecule has 2 aromatic rings. The maximum absolute atomic E-state index is 13.0. The second-order valence-corrected chi connectivity index (χ2v) is 6.32. The molecule has 124 valence electrons. The molecule has 4 rings (SSSR count). The standard InChI is InChI=1S/C18H15F3N2O/c19-18(20,21)16-13(6-3-9-22-16)17(24)23-15-12-8-7-10-4-1-2-5-11(10)14(12)15/h1-6,9,12,14-15H,7-8H2,(H,23,24)/t12-,14-,15-/m1/s1. The van der Waals surface area contributed by atoms with Gasteiger partial charge in [-0.15, -0.1) is 0 Å². The lowest BCUT2D eigenvalue weighted by Gasteiger charge is -2.13. The molecule has 0 spiro atoms. The molecule has 0 radical (unpaired) electrons. The molecule has 3 atom stereocenters. The minimum Gasteiger partial charge on any atom is -0.348 e. The largest absolute Gasteiger partial charge is 0.434 e. The monoisotopic (exact) mass is 332 g/mol. The number of rotatable bonds is 2. The Morgan fingerprint density at radius 2 is 1.96 bits per heavy atom. The van der Waals surface area contributed by atoms with Crippen molar-refractivity contribution < 1.29 is 18.0 Å². The van der Waals surface area contributed by atoms with E-state index in [2.05, 4.69) is 16.4 Å². The van der Waals surface area contributed by atoms with Gasteiger partial charge in [-0.2, -0.15) is 13.2 Å². The molecule has 1 saturated carbocycles. The minimum atomic E-state index is -4.64. The van der Waals surface area contributed by atoms with Gasteiger partial charge in [-0.25, -0.2) is 0 Å². The van der Waals surface area contributed by atoms with Gasteiger partial charge in [-0.3, -0.25) is 9.78 Å². The Hall–Kier alpha value is -2.37. The molecule has 0 unspecified atom stereocenters. The van der Waals surface area contributed by atoms with Crippen LogP contribution in [0.3, 0.4) is 0 Å². The second kappa shape index (κ2) is 5.33. The van der Waals surface area contributed by atoms with Gasteiger partial charge >= 0.3 is 6.18 Å². The van der Waals surface area contributed by atoms with Crippen LogP contribution in [0.1, 0.15) is 39.5 Å². The lowest BCUT2D eigenvalue weighted by molar-refractivity contribution is -0.141. The highest BCUT2D eigenvalue weighted by Crippen LogP contribution is 2.54. The van der Waals surface area contributed by atoms with Crippen molar-refractivity contribution in [2.24, 2.45) is 5.92 Å². The third-order valence-corrected chi connectivity index (χ3v) is 4.95. The first-order valence-electron chi connectivity index (χ1n) is 7.87. The van der Waals surface area contributed by atoms with Crippen LogP contribution < -0.4 is 5.32 Å². The molecule has 0 bridgehead atoms. The molecule has 1 fully saturated rings. The second-order valence-electron chi connectivity index (χ2n) is 6.32. The molecular formula is C18H15F3N2O. The topological polar surface area (TPSA) is 42.0 Å². The third-order valence-electron chi connectivity index (χ3n) is 4.95. The summed E-state index contributed by atoms with van der Waals surface area (Å²) in [5, 5.41) is 2.79. The number of carbonyl (C=O) groups is 1. The average molecular weight is 332 g/mol. The minimum absolute atomic E-state index is 0.0950. The van der Waals surface area contributed by atoms with E-state index in [0.717, 1.165) is 19.0 Å². The smallest absolute Gasteiger partial charge is 0.348 e. The molecular weight excluding hydrogens is 317 g/mol. The maximum atomic E-state index is 13.0. The fourth-order valence-electron chi connectivity index (χ4n) is 3.81. The van der Waals surface area contributed by atoms with Crippen molar-refractivity contribution in [1.29, 1.82) is 0 Å². The van der Waals surface area contributed by atoms with Gasteiger partial charge in [0.1, 0.15) is 0 Å². The number of aryl methyl sites for hydroxylation is 1. The number of halogens is 3. The normalized spacial score (nSPS) is 24.7. The van der Waals surface area contributed by atoms with E-state index < -0.39 is 23.3 Å². The Morgan fingerprint density at radius 3 is 2.75 bits per heavy atom. The molecule has 1 amide bonds. The zero-order chi connectivity index (χ0) is 16.9. The van der Waals surface area contributed by atoms with Gasteiger partial charge in [0.2, 0.25) is 0 Å². The molecule has 3 nitrogen and oxygen atoms in total. The molecule has 1 aromatic carbocycles. The SMILES string of the molecule is O=C(N[C@@H]1[C@@H]2CCc3ccccc3[C@H]21)c1cccnc1C(F)(F)F. The molecule has 1 aromatic heterocycles. The molecule has 24 heavy (non-hydrogen) atoms. The van der Waals surface area contributed by atoms with Crippen LogP contribution in [-0.2, 0) is 12.6 Å². The number of alkyl halides is 3. The van der Waals surface area contributed by atoms with Crippen LogP contribution in [0.5, 0.6) is 0 Å². The van der Waals surface area contributed by atoms with Crippen LogP contribution >= 0.6 is 0 Å². The predicted octanol–water partition coefficient (Wildman–Crippen LogP) is 3.56. The summed E-state index contributed by atoms with van der Waals surface area (Å²) in [6.45, 7) is 0. The van der Waals surface area contributed by atoms with Crippen LogP contribution in [0.25, 0.3) is 0 Å². The number of hydrogen-bond donors (Lipinski definition) is 1. The molecule has 1 heterocycles. The van der Waals surface area contributed by atoms with Crippen molar-refractivity contribution in [2.45, 2.75) is 31.0 Å². The van der Waals surface area contributed by atoms with E-state index in [4.69, 9.17) is 0 Å². The van der Waals surface area contributed by atoms with Crippen LogP contribution in [-0.4, -0.2) is 16.9 Å². The lowest BCUT2D eigenvalue weighted by atomic mass is 9.92. The van der Waals surface area contributed by atoms with Crippen LogP contribution in [0.2, 0.25) is 0 Å². The molecule has 2 aliphatic carbocycles. The maximum Gasteiger partial charge on any atom is 0.434 e. The van der Waals surface area contributed by atoms with Gasteiger partial charge in [-0.05, 0) is 42.0 Å². The van der Waals surface area contributed by atoms with Gasteiger partial charge in [0, 0.05) is 18.2 Å². The number of benzene rings is 1. The number of amides is 1. The van der Waals surface area contributed by atoms with E-state index in [1.807, 2.05) is 18.2 Å². The third kappa shape index (κ3) is 2.46. The van der Waals surface area contributed by atoms with Crippen molar-refractivity contribution >= 4 is 5.91 Å². The Morgan fingerprint density at radius 1 is 1.17 bits per heavy atom. The summed E-state index contributed by atoms with van der Waals surface area (Å²) in [6.07, 6.45) is -1.69. The highest BCUT2D eigenvalue weighted by atomic mass is 19.4. The summed E-state index contributed by atoms with van der Waals surface area (Å²) in [5.74, 6) is -0.174. The first-order chi connectivity index (χ1) is 11.5. The number of nitrogens with one attached hydrogen (secondary N) is 1. The van der Waals surface area contributed by atoms with Gasteiger partial charge < -0.3 is 5.32 Å². The number of hydrogen-bond acceptors (Lipinski definition) is 2. The molecule has 0 saturated heterocycles. The van der Waals surface area contributed by atoms with Crippen molar-refractivity contribution in [1.82, 2.24) is 10.3 Å². The number of nitrogens with zero attached hydrogens (tertiary/aromatic N) is 1. The Labute approximate surface area is 136 Å². The lowest BCUT2D eigenvalue weighted by Crippen LogP contribution is -2.30. The number of pyridine rings is 1. The zero-order valence-electron chi connectivity index (χ0n) is 12.7. The zero-order valence-corrected chi connectivity index (χ0v) is 12.7. The summed E-state index contributed by atoms with van der Waals surface area (Å²) < 4.78 is 39.0. The summed E-state index contributed by atoms with van der Waals surface area (Å²) >= 11 is 0. The first kappa shape index (κ1) is 15.2. The van der Waals surface area contributed by atoms with Gasteiger partial charge in [0.15, 0.2) is 5.69 Å². The van der Waals surface area contributed by atoms with Crippen molar-refractivity contribution in [3.8, 4) is 0 Å². The van der Waals surface area contributed by atoms with E-state index in [1.54, 1.807) is 0 Å². The van der Waals surface area contributed by atoms with Crippen LogP contribution in [0.15, 0.2) is 42.6 Å². The summed E-state index contributed by atoms with van der Waals surface area (Å²) in [4.78, 5) is 15.7. The quantitative estimate of drug-likeness (QED) is 0.914. The highest BCUT2D eigenvalue weighted by Gasteiger charge is 2.54. The average Bonchev–Trinajstić information content (AvgIpc) is 3.27. The Kier molecular flexibility index (Phi) is 3.37. The van der Waals surface area contributed by atoms with Crippen molar-refractivity contribution in [3.63, 3.8) is 0 Å². The Bertz CT molecular complexity index is 803. The molecule has 6 heteroatoms. The van der Waals surface area contributed by atoms with E-state index in [1.165, 1.54) is 23.3 Å². The fraction of sp³-hybridized carbons (Fsp3) is 0.333. The van der Waals surface area contributed by atoms with E-state index in [0.29, 0.717) is 5.92 Å². The predicted molar refractivity (Wildman–Crippen MR) is 81.5 cm³/mol. The first-order valence-corrected chi connectivity index (χ1v) is 7.87. The fourth-order valence-corrected chi connectivity index (χ4v) is 3.81. The van der Waals surface area contributed by atoms with Crippen molar-refractivity contribution in [3.05, 3.63) is 65.0 Å². The molecule has 1 N–H and O–H groups in total. The number of aromatic nitrogens is 1. The van der Waals surface area contributed by atoms with E-state index >= 15 is 0 Å². The van der Waals surface area contributed by atoms with E-state index in [-0.39, 0.29) is 12.0 Å². The number of fused-ring (bicyclic) bond motifs is 3. The van der Waals surface area contributed by atoms with Gasteiger partial charge in [0.05, 0.1) is 5.56 Å².